The van der Waals surface area contributed by atoms with E-state index in [0.717, 1.165) is 62.3 Å². The molecule has 5 rings (SSSR count). The molecule has 2 aliphatic heterocycles. The Kier molecular flexibility index (Phi) is 7.93. The minimum atomic E-state index is -0.0271. The van der Waals surface area contributed by atoms with Gasteiger partial charge in [-0.3, -0.25) is 9.88 Å². The van der Waals surface area contributed by atoms with Crippen LogP contribution in [0.5, 0.6) is 0 Å². The second kappa shape index (κ2) is 11.3. The van der Waals surface area contributed by atoms with Crippen molar-refractivity contribution in [3.05, 3.63) is 82.9 Å². The fraction of sp³-hybridized carbons (Fsp3) is 0.467. The number of thiocarbonyl (C=S) groups is 1. The molecule has 0 unspecified atom stereocenters. The van der Waals surface area contributed by atoms with Gasteiger partial charge in [-0.1, -0.05) is 32.0 Å². The third kappa shape index (κ3) is 5.44. The Bertz CT molecular complexity index is 1200. The van der Waals surface area contributed by atoms with Gasteiger partial charge in [-0.05, 0) is 79.9 Å². The molecule has 7 heteroatoms. The molecule has 2 aromatic heterocycles. The number of pyridine rings is 1. The maximum atomic E-state index is 5.95. The van der Waals surface area contributed by atoms with Gasteiger partial charge in [-0.15, -0.1) is 0 Å². The van der Waals surface area contributed by atoms with E-state index in [2.05, 4.69) is 89.8 Å². The van der Waals surface area contributed by atoms with Gasteiger partial charge in [-0.2, -0.15) is 0 Å². The quantitative estimate of drug-likeness (QED) is 0.397. The molecule has 37 heavy (non-hydrogen) atoms. The van der Waals surface area contributed by atoms with E-state index in [1.807, 2.05) is 12.3 Å². The first kappa shape index (κ1) is 25.9. The first-order chi connectivity index (χ1) is 17.9. The zero-order valence-electron chi connectivity index (χ0n) is 22.5. The van der Waals surface area contributed by atoms with Crippen molar-refractivity contribution >= 4 is 23.0 Å². The Labute approximate surface area is 226 Å². The minimum absolute atomic E-state index is 0.0199. The van der Waals surface area contributed by atoms with Crippen LogP contribution in [0.15, 0.2) is 54.7 Å². The summed E-state index contributed by atoms with van der Waals surface area (Å²) in [5.74, 6) is 0.492. The average Bonchev–Trinajstić information content (AvgIpc) is 3.40. The van der Waals surface area contributed by atoms with E-state index in [1.165, 1.54) is 22.5 Å². The second-order valence-corrected chi connectivity index (χ2v) is 10.9. The lowest BCUT2D eigenvalue weighted by molar-refractivity contribution is 0.0369. The number of morpholine rings is 1. The zero-order valence-corrected chi connectivity index (χ0v) is 23.3. The molecule has 6 nitrogen and oxygen atoms in total. The monoisotopic (exact) mass is 517 g/mol. The van der Waals surface area contributed by atoms with Crippen LogP contribution in [-0.2, 0) is 11.3 Å². The van der Waals surface area contributed by atoms with Crippen LogP contribution in [0.25, 0.3) is 0 Å². The highest BCUT2D eigenvalue weighted by Gasteiger charge is 2.42. The summed E-state index contributed by atoms with van der Waals surface area (Å²) in [4.78, 5) is 9.53. The first-order valence-electron chi connectivity index (χ1n) is 13.5. The van der Waals surface area contributed by atoms with Crippen LogP contribution >= 0.6 is 12.2 Å². The highest BCUT2D eigenvalue weighted by Crippen LogP contribution is 2.43. The van der Waals surface area contributed by atoms with Crippen LogP contribution < -0.4 is 10.2 Å². The van der Waals surface area contributed by atoms with E-state index in [9.17, 15) is 0 Å². The third-order valence-corrected chi connectivity index (χ3v) is 8.14. The first-order valence-corrected chi connectivity index (χ1v) is 13.9. The van der Waals surface area contributed by atoms with E-state index < -0.39 is 0 Å². The topological polar surface area (TPSA) is 45.6 Å². The fourth-order valence-electron chi connectivity index (χ4n) is 5.72. The average molecular weight is 518 g/mol. The second-order valence-electron chi connectivity index (χ2n) is 10.5. The van der Waals surface area contributed by atoms with Gasteiger partial charge in [-0.25, -0.2) is 0 Å². The molecule has 0 radical (unpaired) electrons. The minimum Gasteiger partial charge on any atom is -0.379 e. The Morgan fingerprint density at radius 2 is 1.81 bits per heavy atom. The van der Waals surface area contributed by atoms with Gasteiger partial charge in [0.25, 0.3) is 0 Å². The lowest BCUT2D eigenvalue weighted by Crippen LogP contribution is -2.37. The maximum absolute atomic E-state index is 5.95. The molecule has 196 valence electrons. The zero-order chi connectivity index (χ0) is 25.9. The van der Waals surface area contributed by atoms with Crippen molar-refractivity contribution < 1.29 is 4.74 Å². The van der Waals surface area contributed by atoms with Gasteiger partial charge in [0, 0.05) is 49.5 Å². The van der Waals surface area contributed by atoms with Crippen molar-refractivity contribution in [3.8, 4) is 0 Å². The van der Waals surface area contributed by atoms with Gasteiger partial charge in [0.1, 0.15) is 0 Å². The number of nitrogens with one attached hydrogen (secondary N) is 1. The molecule has 0 bridgehead atoms. The molecule has 4 heterocycles. The summed E-state index contributed by atoms with van der Waals surface area (Å²) in [7, 11) is 0. The predicted octanol–water partition coefficient (Wildman–Crippen LogP) is 5.52. The van der Waals surface area contributed by atoms with Crippen LogP contribution in [0.3, 0.4) is 0 Å². The number of ether oxygens (including phenoxy) is 1. The van der Waals surface area contributed by atoms with E-state index in [0.29, 0.717) is 5.92 Å². The Morgan fingerprint density at radius 3 is 2.49 bits per heavy atom. The highest BCUT2D eigenvalue weighted by molar-refractivity contribution is 7.80. The van der Waals surface area contributed by atoms with Crippen molar-refractivity contribution in [1.82, 2.24) is 19.8 Å². The third-order valence-electron chi connectivity index (χ3n) is 7.83. The molecule has 0 saturated carbocycles. The Morgan fingerprint density at radius 1 is 1.05 bits per heavy atom. The molecule has 2 saturated heterocycles. The van der Waals surface area contributed by atoms with Gasteiger partial charge >= 0.3 is 0 Å². The highest BCUT2D eigenvalue weighted by atomic mass is 32.1. The SMILES string of the molecule is Cc1cc([C@@H]2[C@@H](c3ccccn3)NC(=S)N2c2ccc(C(C)C)cc2)c(C)n1CCCN1CCOCC1. The van der Waals surface area contributed by atoms with E-state index >= 15 is 0 Å². The smallest absolute Gasteiger partial charge is 0.174 e. The number of benzene rings is 1. The largest absolute Gasteiger partial charge is 0.379 e. The lowest BCUT2D eigenvalue weighted by Gasteiger charge is -2.28. The molecule has 1 aromatic carbocycles. The summed E-state index contributed by atoms with van der Waals surface area (Å²) in [6.45, 7) is 14.8. The van der Waals surface area contributed by atoms with Crippen molar-refractivity contribution in [1.29, 1.82) is 0 Å². The molecule has 0 spiro atoms. The summed E-state index contributed by atoms with van der Waals surface area (Å²) in [6.07, 6.45) is 2.99. The normalized spacial score (nSPS) is 20.6. The Hall–Kier alpha value is -2.74. The molecular weight excluding hydrogens is 478 g/mol. The van der Waals surface area contributed by atoms with E-state index in [-0.39, 0.29) is 12.1 Å². The molecule has 3 aromatic rings. The lowest BCUT2D eigenvalue weighted by atomic mass is 9.96. The van der Waals surface area contributed by atoms with Crippen LogP contribution in [0.1, 0.15) is 66.5 Å². The molecule has 2 fully saturated rings. The number of hydrogen-bond donors (Lipinski definition) is 1. The number of aryl methyl sites for hydroxylation is 1. The summed E-state index contributed by atoms with van der Waals surface area (Å²) >= 11 is 5.95. The predicted molar refractivity (Wildman–Crippen MR) is 154 cm³/mol. The standard InChI is InChI=1S/C30H39N5OS/c1-21(2)24-9-11-25(12-10-24)35-29(28(32-30(35)37)27-8-5-6-13-31-27)26-20-22(3)34(23(26)4)15-7-14-33-16-18-36-19-17-33/h5-6,8-13,20-21,28-29H,7,14-19H2,1-4H3,(H,32,37)/t28-,29-/m1/s1. The van der Waals surface area contributed by atoms with Crippen LogP contribution in [-0.4, -0.2) is 52.4 Å². The van der Waals surface area contributed by atoms with Crippen LogP contribution in [0, 0.1) is 13.8 Å². The van der Waals surface area contributed by atoms with Crippen LogP contribution in [0.4, 0.5) is 5.69 Å². The fourth-order valence-corrected chi connectivity index (χ4v) is 6.06. The molecule has 1 N–H and O–H groups in total. The molecule has 0 amide bonds. The van der Waals surface area contributed by atoms with Crippen molar-refractivity contribution in [2.45, 2.75) is 58.7 Å². The Balaban J connectivity index is 1.46. The number of rotatable bonds is 8. The van der Waals surface area contributed by atoms with Crippen molar-refractivity contribution in [2.75, 3.05) is 37.7 Å². The van der Waals surface area contributed by atoms with Crippen LogP contribution in [0.2, 0.25) is 0 Å². The van der Waals surface area contributed by atoms with E-state index in [1.54, 1.807) is 0 Å². The number of nitrogens with zero attached hydrogens (tertiary/aromatic N) is 4. The van der Waals surface area contributed by atoms with Gasteiger partial charge < -0.3 is 19.5 Å². The van der Waals surface area contributed by atoms with Crippen molar-refractivity contribution in [2.24, 2.45) is 0 Å². The van der Waals surface area contributed by atoms with Gasteiger partial charge in [0.2, 0.25) is 0 Å². The molecule has 2 atom stereocenters. The number of anilines is 1. The maximum Gasteiger partial charge on any atom is 0.174 e. The summed E-state index contributed by atoms with van der Waals surface area (Å²) in [5.41, 5.74) is 7.36. The van der Waals surface area contributed by atoms with Gasteiger partial charge in [0.05, 0.1) is 31.0 Å². The molecule has 0 aliphatic carbocycles. The number of hydrogen-bond acceptors (Lipinski definition) is 4. The summed E-state index contributed by atoms with van der Waals surface area (Å²) < 4.78 is 7.99. The number of aromatic nitrogens is 2. The summed E-state index contributed by atoms with van der Waals surface area (Å²) in [6, 6.07) is 17.3. The molecular formula is C30H39N5OS. The molecule has 2 aliphatic rings. The van der Waals surface area contributed by atoms with Gasteiger partial charge in [0.15, 0.2) is 5.11 Å². The van der Waals surface area contributed by atoms with E-state index in [4.69, 9.17) is 21.9 Å². The van der Waals surface area contributed by atoms with Crippen molar-refractivity contribution in [3.63, 3.8) is 0 Å². The summed E-state index contributed by atoms with van der Waals surface area (Å²) in [5, 5.41) is 4.36.